The average molecular weight is 436 g/mol. The SMILES string of the molecule is Cn1c(=O)c2cc(NC(=O)/C=C/c3ccc(-c4ccc(F)cc4)s3)cnc2n(C)c1=O. The van der Waals surface area contributed by atoms with Gasteiger partial charge in [0.2, 0.25) is 5.91 Å². The number of aryl methyl sites for hydroxylation is 1. The van der Waals surface area contributed by atoms with Crippen LogP contribution in [0.1, 0.15) is 4.88 Å². The number of halogens is 1. The zero-order valence-corrected chi connectivity index (χ0v) is 17.4. The summed E-state index contributed by atoms with van der Waals surface area (Å²) in [6.07, 6.45) is 4.44. The van der Waals surface area contributed by atoms with Gasteiger partial charge in [-0.2, -0.15) is 0 Å². The van der Waals surface area contributed by atoms with Crippen molar-refractivity contribution in [1.29, 1.82) is 0 Å². The molecular formula is C22H17FN4O3S. The number of thiophene rings is 1. The van der Waals surface area contributed by atoms with Crippen molar-refractivity contribution in [3.63, 3.8) is 0 Å². The summed E-state index contributed by atoms with van der Waals surface area (Å²) in [7, 11) is 2.92. The molecule has 3 heterocycles. The standard InChI is InChI=1S/C22H17FN4O3S/c1-26-20-17(21(29)27(2)22(26)30)11-15(12-24-20)25-19(28)10-8-16-7-9-18(31-16)13-3-5-14(23)6-4-13/h3-12H,1-2H3,(H,25,28)/b10-8+. The van der Waals surface area contributed by atoms with Crippen LogP contribution >= 0.6 is 11.3 Å². The van der Waals surface area contributed by atoms with Crippen molar-refractivity contribution < 1.29 is 9.18 Å². The fourth-order valence-electron chi connectivity index (χ4n) is 3.09. The molecule has 1 amide bonds. The lowest BCUT2D eigenvalue weighted by Gasteiger charge is -2.08. The van der Waals surface area contributed by atoms with Gasteiger partial charge in [-0.15, -0.1) is 11.3 Å². The summed E-state index contributed by atoms with van der Waals surface area (Å²) in [5.41, 5.74) is 0.531. The van der Waals surface area contributed by atoms with E-state index in [1.54, 1.807) is 18.2 Å². The number of nitrogens with one attached hydrogen (secondary N) is 1. The summed E-state index contributed by atoms with van der Waals surface area (Å²) in [4.78, 5) is 42.6. The van der Waals surface area contributed by atoms with Crippen molar-refractivity contribution in [2.45, 2.75) is 0 Å². The molecule has 0 aliphatic rings. The molecule has 0 spiro atoms. The van der Waals surface area contributed by atoms with E-state index in [1.807, 2.05) is 12.1 Å². The van der Waals surface area contributed by atoms with E-state index in [0.717, 1.165) is 19.9 Å². The minimum Gasteiger partial charge on any atom is -0.321 e. The first kappa shape index (κ1) is 20.4. The Balaban J connectivity index is 1.52. The fraction of sp³-hybridized carbons (Fsp3) is 0.0909. The van der Waals surface area contributed by atoms with Gasteiger partial charge in [0, 0.05) is 29.9 Å². The lowest BCUT2D eigenvalue weighted by Crippen LogP contribution is -2.37. The van der Waals surface area contributed by atoms with E-state index in [0.29, 0.717) is 5.69 Å². The van der Waals surface area contributed by atoms with Crippen molar-refractivity contribution >= 4 is 40.0 Å². The van der Waals surface area contributed by atoms with Crippen LogP contribution in [0.25, 0.3) is 27.6 Å². The highest BCUT2D eigenvalue weighted by atomic mass is 32.1. The first-order valence-corrected chi connectivity index (χ1v) is 10.1. The second-order valence-corrected chi connectivity index (χ2v) is 7.95. The highest BCUT2D eigenvalue weighted by Crippen LogP contribution is 2.29. The molecule has 4 rings (SSSR count). The molecule has 0 saturated carbocycles. The Bertz CT molecular complexity index is 1450. The minimum atomic E-state index is -0.482. The van der Waals surface area contributed by atoms with E-state index in [-0.39, 0.29) is 22.8 Å². The first-order chi connectivity index (χ1) is 14.8. The molecule has 156 valence electrons. The molecule has 7 nitrogen and oxygen atoms in total. The van der Waals surface area contributed by atoms with E-state index in [2.05, 4.69) is 10.3 Å². The number of pyridine rings is 1. The minimum absolute atomic E-state index is 0.230. The normalized spacial score (nSPS) is 11.3. The number of fused-ring (bicyclic) bond motifs is 1. The number of aromatic nitrogens is 3. The number of benzene rings is 1. The third-order valence-electron chi connectivity index (χ3n) is 4.72. The molecule has 0 aliphatic carbocycles. The van der Waals surface area contributed by atoms with Crippen LogP contribution in [-0.4, -0.2) is 20.0 Å². The van der Waals surface area contributed by atoms with Gasteiger partial charge in [-0.05, 0) is 42.0 Å². The zero-order valence-electron chi connectivity index (χ0n) is 16.6. The Morgan fingerprint density at radius 2 is 1.84 bits per heavy atom. The van der Waals surface area contributed by atoms with E-state index in [1.165, 1.54) is 60.5 Å². The number of rotatable bonds is 4. The predicted octanol–water partition coefficient (Wildman–Crippen LogP) is 3.15. The molecule has 3 aromatic heterocycles. The molecule has 0 bridgehead atoms. The smallest absolute Gasteiger partial charge is 0.321 e. The molecule has 0 atom stereocenters. The number of amides is 1. The zero-order chi connectivity index (χ0) is 22.1. The van der Waals surface area contributed by atoms with Gasteiger partial charge in [0.05, 0.1) is 17.3 Å². The highest BCUT2D eigenvalue weighted by molar-refractivity contribution is 7.16. The number of nitrogens with zero attached hydrogens (tertiary/aromatic N) is 3. The quantitative estimate of drug-likeness (QED) is 0.498. The molecule has 0 fully saturated rings. The molecular weight excluding hydrogens is 419 g/mol. The van der Waals surface area contributed by atoms with Crippen LogP contribution in [0.15, 0.2) is 64.3 Å². The van der Waals surface area contributed by atoms with E-state index in [9.17, 15) is 18.8 Å². The maximum Gasteiger partial charge on any atom is 0.332 e. The fourth-order valence-corrected chi connectivity index (χ4v) is 4.00. The Labute approximate surface area is 179 Å². The highest BCUT2D eigenvalue weighted by Gasteiger charge is 2.11. The van der Waals surface area contributed by atoms with Crippen LogP contribution in [0.4, 0.5) is 10.1 Å². The van der Waals surface area contributed by atoms with Crippen molar-refractivity contribution in [3.8, 4) is 10.4 Å². The molecule has 1 aromatic carbocycles. The van der Waals surface area contributed by atoms with Crippen molar-refractivity contribution in [3.05, 3.63) is 86.3 Å². The molecule has 1 N–H and O–H groups in total. The molecule has 0 saturated heterocycles. The van der Waals surface area contributed by atoms with Gasteiger partial charge in [0.25, 0.3) is 5.56 Å². The van der Waals surface area contributed by atoms with Crippen molar-refractivity contribution in [1.82, 2.24) is 14.1 Å². The topological polar surface area (TPSA) is 86.0 Å². The summed E-state index contributed by atoms with van der Waals surface area (Å²) in [6.45, 7) is 0. The summed E-state index contributed by atoms with van der Waals surface area (Å²) in [5, 5.41) is 2.90. The van der Waals surface area contributed by atoms with Gasteiger partial charge in [-0.3, -0.25) is 18.7 Å². The largest absolute Gasteiger partial charge is 0.332 e. The maximum absolute atomic E-state index is 13.1. The van der Waals surface area contributed by atoms with Crippen LogP contribution in [0, 0.1) is 5.82 Å². The Morgan fingerprint density at radius 1 is 1.10 bits per heavy atom. The van der Waals surface area contributed by atoms with E-state index >= 15 is 0 Å². The molecule has 0 unspecified atom stereocenters. The van der Waals surface area contributed by atoms with Crippen molar-refractivity contribution in [2.75, 3.05) is 5.32 Å². The van der Waals surface area contributed by atoms with Gasteiger partial charge in [0.15, 0.2) is 0 Å². The molecule has 4 aromatic rings. The van der Waals surface area contributed by atoms with E-state index in [4.69, 9.17) is 0 Å². The third kappa shape index (κ3) is 4.08. The molecule has 0 radical (unpaired) electrons. The third-order valence-corrected chi connectivity index (χ3v) is 5.81. The second-order valence-electron chi connectivity index (χ2n) is 6.83. The van der Waals surface area contributed by atoms with E-state index < -0.39 is 11.2 Å². The first-order valence-electron chi connectivity index (χ1n) is 9.24. The maximum atomic E-state index is 13.1. The van der Waals surface area contributed by atoms with Gasteiger partial charge < -0.3 is 5.32 Å². The molecule has 31 heavy (non-hydrogen) atoms. The average Bonchev–Trinajstić information content (AvgIpc) is 3.24. The van der Waals surface area contributed by atoms with Crippen LogP contribution in [0.2, 0.25) is 0 Å². The van der Waals surface area contributed by atoms with Gasteiger partial charge >= 0.3 is 5.69 Å². The lowest BCUT2D eigenvalue weighted by atomic mass is 10.2. The summed E-state index contributed by atoms with van der Waals surface area (Å²) < 4.78 is 15.3. The van der Waals surface area contributed by atoms with Crippen molar-refractivity contribution in [2.24, 2.45) is 14.1 Å². The number of carbonyl (C=O) groups is 1. The van der Waals surface area contributed by atoms with Crippen LogP contribution < -0.4 is 16.6 Å². The Kier molecular flexibility index (Phi) is 5.35. The second kappa shape index (κ2) is 8.11. The predicted molar refractivity (Wildman–Crippen MR) is 120 cm³/mol. The van der Waals surface area contributed by atoms with Gasteiger partial charge in [-0.1, -0.05) is 12.1 Å². The lowest BCUT2D eigenvalue weighted by molar-refractivity contribution is -0.111. The molecule has 0 aliphatic heterocycles. The van der Waals surface area contributed by atoms with Gasteiger partial charge in [-0.25, -0.2) is 14.2 Å². The number of hydrogen-bond donors (Lipinski definition) is 1. The summed E-state index contributed by atoms with van der Waals surface area (Å²) >= 11 is 1.47. The molecule has 9 heteroatoms. The van der Waals surface area contributed by atoms with Crippen LogP contribution in [-0.2, 0) is 18.9 Å². The Morgan fingerprint density at radius 3 is 2.58 bits per heavy atom. The van der Waals surface area contributed by atoms with Gasteiger partial charge in [0.1, 0.15) is 11.5 Å². The van der Waals surface area contributed by atoms with Crippen LogP contribution in [0.5, 0.6) is 0 Å². The number of carbonyl (C=O) groups excluding carboxylic acids is 1. The Hall–Kier alpha value is -3.85. The number of anilines is 1. The summed E-state index contributed by atoms with van der Waals surface area (Å²) in [5.74, 6) is -0.681. The summed E-state index contributed by atoms with van der Waals surface area (Å²) in [6, 6.07) is 11.5. The van der Waals surface area contributed by atoms with Crippen LogP contribution in [0.3, 0.4) is 0 Å². The number of hydrogen-bond acceptors (Lipinski definition) is 5. The monoisotopic (exact) mass is 436 g/mol.